The molecule has 0 aliphatic rings. The number of carbonyl (C=O) groups excluding carboxylic acids is 1. The highest BCUT2D eigenvalue weighted by molar-refractivity contribution is 7.14. The van der Waals surface area contributed by atoms with E-state index in [4.69, 9.17) is 0 Å². The van der Waals surface area contributed by atoms with Gasteiger partial charge in [0.05, 0.1) is 5.69 Å². The Balaban J connectivity index is 2.29. The largest absolute Gasteiger partial charge is 0.284 e. The van der Waals surface area contributed by atoms with Gasteiger partial charge in [-0.2, -0.15) is 0 Å². The molecule has 0 bridgehead atoms. The van der Waals surface area contributed by atoms with E-state index >= 15 is 0 Å². The summed E-state index contributed by atoms with van der Waals surface area (Å²) in [4.78, 5) is 17.6. The lowest BCUT2D eigenvalue weighted by Gasteiger charge is -2.14. The Hall–Kier alpha value is -1.94. The van der Waals surface area contributed by atoms with Crippen LogP contribution in [0.25, 0.3) is 11.3 Å². The monoisotopic (exact) mass is 258 g/mol. The third-order valence-electron chi connectivity index (χ3n) is 2.48. The van der Waals surface area contributed by atoms with Crippen LogP contribution in [0, 0.1) is 0 Å². The van der Waals surface area contributed by atoms with E-state index in [1.807, 2.05) is 35.7 Å². The summed E-state index contributed by atoms with van der Waals surface area (Å²) in [6.45, 7) is 5.67. The summed E-state index contributed by atoms with van der Waals surface area (Å²) in [5.74, 6) is -0.0242. The zero-order chi connectivity index (χ0) is 13.0. The maximum atomic E-state index is 11.5. The molecule has 1 aromatic carbocycles. The fourth-order valence-corrected chi connectivity index (χ4v) is 2.49. The molecule has 3 nitrogen and oxygen atoms in total. The Bertz CT molecular complexity index is 548. The minimum Gasteiger partial charge on any atom is -0.284 e. The fraction of sp³-hybridized carbons (Fsp3) is 0.143. The van der Waals surface area contributed by atoms with Crippen LogP contribution in [0.5, 0.6) is 0 Å². The van der Waals surface area contributed by atoms with Gasteiger partial charge < -0.3 is 0 Å². The third-order valence-corrected chi connectivity index (χ3v) is 3.35. The van der Waals surface area contributed by atoms with E-state index in [0.717, 1.165) is 11.3 Å². The summed E-state index contributed by atoms with van der Waals surface area (Å²) in [6, 6.07) is 9.92. The molecule has 0 saturated carbocycles. The minimum atomic E-state index is -0.0242. The first-order valence-corrected chi connectivity index (χ1v) is 6.50. The standard InChI is InChI=1S/C14H14N2OS/c1-3-9-16(11(2)17)14-15-13(10-18-14)12-7-5-4-6-8-12/h3-8,10H,1,9H2,2H3. The summed E-state index contributed by atoms with van der Waals surface area (Å²) >= 11 is 1.47. The van der Waals surface area contributed by atoms with E-state index in [0.29, 0.717) is 11.7 Å². The Kier molecular flexibility index (Phi) is 3.89. The number of hydrogen-bond acceptors (Lipinski definition) is 3. The Morgan fingerprint density at radius 1 is 1.44 bits per heavy atom. The second-order valence-corrected chi connectivity index (χ2v) is 4.64. The second-order valence-electron chi connectivity index (χ2n) is 3.80. The lowest BCUT2D eigenvalue weighted by atomic mass is 10.2. The van der Waals surface area contributed by atoms with Gasteiger partial charge in [-0.1, -0.05) is 36.4 Å². The molecule has 0 radical (unpaired) electrons. The topological polar surface area (TPSA) is 33.2 Å². The number of amides is 1. The van der Waals surface area contributed by atoms with E-state index in [9.17, 15) is 4.79 Å². The number of anilines is 1. The van der Waals surface area contributed by atoms with Crippen LogP contribution in [0.1, 0.15) is 6.92 Å². The highest BCUT2D eigenvalue weighted by Gasteiger charge is 2.14. The average molecular weight is 258 g/mol. The fourth-order valence-electron chi connectivity index (χ4n) is 1.60. The van der Waals surface area contributed by atoms with Gasteiger partial charge in [0.1, 0.15) is 0 Å². The molecule has 1 aromatic heterocycles. The van der Waals surface area contributed by atoms with E-state index in [1.54, 1.807) is 11.0 Å². The normalized spacial score (nSPS) is 10.1. The molecule has 18 heavy (non-hydrogen) atoms. The van der Waals surface area contributed by atoms with Crippen molar-refractivity contribution in [1.29, 1.82) is 0 Å². The molecular formula is C14H14N2OS. The van der Waals surface area contributed by atoms with Crippen LogP contribution in [-0.2, 0) is 4.79 Å². The van der Waals surface area contributed by atoms with Gasteiger partial charge in [-0.25, -0.2) is 4.98 Å². The van der Waals surface area contributed by atoms with Crippen molar-refractivity contribution in [2.75, 3.05) is 11.4 Å². The highest BCUT2D eigenvalue weighted by atomic mass is 32.1. The van der Waals surface area contributed by atoms with Gasteiger partial charge in [-0.3, -0.25) is 9.69 Å². The highest BCUT2D eigenvalue weighted by Crippen LogP contribution is 2.27. The molecule has 2 aromatic rings. The van der Waals surface area contributed by atoms with Crippen molar-refractivity contribution in [2.24, 2.45) is 0 Å². The molecule has 0 fully saturated rings. The van der Waals surface area contributed by atoms with Crippen molar-refractivity contribution < 1.29 is 4.79 Å². The predicted molar refractivity (Wildman–Crippen MR) is 75.8 cm³/mol. The first-order chi connectivity index (χ1) is 8.72. The molecule has 0 saturated heterocycles. The molecule has 0 aliphatic heterocycles. The number of nitrogens with zero attached hydrogens (tertiary/aromatic N) is 2. The molecule has 0 unspecified atom stereocenters. The van der Waals surface area contributed by atoms with Crippen LogP contribution >= 0.6 is 11.3 Å². The quantitative estimate of drug-likeness (QED) is 0.788. The molecule has 1 amide bonds. The Morgan fingerprint density at radius 3 is 2.78 bits per heavy atom. The van der Waals surface area contributed by atoms with Gasteiger partial charge in [-0.15, -0.1) is 17.9 Å². The van der Waals surface area contributed by atoms with Gasteiger partial charge >= 0.3 is 0 Å². The first-order valence-electron chi connectivity index (χ1n) is 5.62. The predicted octanol–water partition coefficient (Wildman–Crippen LogP) is 3.35. The molecule has 0 aliphatic carbocycles. The molecule has 1 heterocycles. The van der Waals surface area contributed by atoms with Crippen molar-refractivity contribution in [3.05, 3.63) is 48.4 Å². The first kappa shape index (κ1) is 12.5. The van der Waals surface area contributed by atoms with E-state index < -0.39 is 0 Å². The lowest BCUT2D eigenvalue weighted by Crippen LogP contribution is -2.28. The molecule has 0 spiro atoms. The summed E-state index contributed by atoms with van der Waals surface area (Å²) in [7, 11) is 0. The third kappa shape index (κ3) is 2.65. The summed E-state index contributed by atoms with van der Waals surface area (Å²) in [6.07, 6.45) is 1.70. The summed E-state index contributed by atoms with van der Waals surface area (Å²) in [5, 5.41) is 2.67. The van der Waals surface area contributed by atoms with Crippen LogP contribution in [0.4, 0.5) is 5.13 Å². The minimum absolute atomic E-state index is 0.0242. The zero-order valence-electron chi connectivity index (χ0n) is 10.2. The Labute approximate surface area is 110 Å². The maximum Gasteiger partial charge on any atom is 0.225 e. The van der Waals surface area contributed by atoms with Crippen molar-refractivity contribution in [1.82, 2.24) is 4.98 Å². The van der Waals surface area contributed by atoms with Crippen LogP contribution in [0.15, 0.2) is 48.4 Å². The second kappa shape index (κ2) is 5.60. The van der Waals surface area contributed by atoms with Crippen LogP contribution < -0.4 is 4.90 Å². The van der Waals surface area contributed by atoms with Gasteiger partial charge in [-0.05, 0) is 0 Å². The molecule has 0 atom stereocenters. The van der Waals surface area contributed by atoms with Gasteiger partial charge in [0.2, 0.25) is 5.91 Å². The van der Waals surface area contributed by atoms with Crippen molar-refractivity contribution in [3.8, 4) is 11.3 Å². The lowest BCUT2D eigenvalue weighted by molar-refractivity contribution is -0.116. The number of hydrogen-bond donors (Lipinski definition) is 0. The van der Waals surface area contributed by atoms with Crippen molar-refractivity contribution in [3.63, 3.8) is 0 Å². The maximum absolute atomic E-state index is 11.5. The summed E-state index contributed by atoms with van der Waals surface area (Å²) in [5.41, 5.74) is 1.95. The van der Waals surface area contributed by atoms with Gasteiger partial charge in [0.25, 0.3) is 0 Å². The van der Waals surface area contributed by atoms with Crippen molar-refractivity contribution >= 4 is 22.4 Å². The van der Waals surface area contributed by atoms with Crippen LogP contribution in [0.2, 0.25) is 0 Å². The van der Waals surface area contributed by atoms with Crippen LogP contribution in [-0.4, -0.2) is 17.4 Å². The summed E-state index contributed by atoms with van der Waals surface area (Å²) < 4.78 is 0. The van der Waals surface area contributed by atoms with Gasteiger partial charge in [0.15, 0.2) is 5.13 Å². The van der Waals surface area contributed by atoms with E-state index in [1.165, 1.54) is 18.3 Å². The van der Waals surface area contributed by atoms with E-state index in [-0.39, 0.29) is 5.91 Å². The molecule has 0 N–H and O–H groups in total. The molecule has 2 rings (SSSR count). The number of benzene rings is 1. The average Bonchev–Trinajstić information content (AvgIpc) is 2.86. The number of carbonyl (C=O) groups is 1. The number of rotatable bonds is 4. The number of aromatic nitrogens is 1. The molecule has 92 valence electrons. The van der Waals surface area contributed by atoms with E-state index in [2.05, 4.69) is 11.6 Å². The Morgan fingerprint density at radius 2 is 2.17 bits per heavy atom. The SMILES string of the molecule is C=CCN(C(C)=O)c1nc(-c2ccccc2)cs1. The van der Waals surface area contributed by atoms with Crippen molar-refractivity contribution in [2.45, 2.75) is 6.92 Å². The van der Waals surface area contributed by atoms with Gasteiger partial charge in [0, 0.05) is 24.4 Å². The number of thiazole rings is 1. The molecular weight excluding hydrogens is 244 g/mol. The van der Waals surface area contributed by atoms with Crippen LogP contribution in [0.3, 0.4) is 0 Å². The molecule has 4 heteroatoms. The zero-order valence-corrected chi connectivity index (χ0v) is 11.0. The smallest absolute Gasteiger partial charge is 0.225 e.